The molecule has 0 saturated carbocycles. The molecule has 2 aliphatic heterocycles. The molecule has 160 valence electrons. The van der Waals surface area contributed by atoms with Crippen LogP contribution < -0.4 is 15.1 Å². The van der Waals surface area contributed by atoms with Crippen LogP contribution in [0.2, 0.25) is 0 Å². The number of pyridine rings is 1. The Morgan fingerprint density at radius 3 is 2.43 bits per heavy atom. The third-order valence-electron chi connectivity index (χ3n) is 6.26. The van der Waals surface area contributed by atoms with Crippen LogP contribution in [0.25, 0.3) is 0 Å². The van der Waals surface area contributed by atoms with E-state index >= 15 is 0 Å². The number of piperidine rings is 1. The van der Waals surface area contributed by atoms with Crippen molar-refractivity contribution in [3.05, 3.63) is 54.9 Å². The summed E-state index contributed by atoms with van der Waals surface area (Å²) in [5, 5.41) is 3.18. The van der Waals surface area contributed by atoms with Crippen molar-refractivity contribution in [1.82, 2.24) is 15.2 Å². The quantitative estimate of drug-likeness (QED) is 0.715. The number of hydrogen-bond acceptors (Lipinski definition) is 5. The molecule has 2 aromatic rings. The highest BCUT2D eigenvalue weighted by molar-refractivity contribution is 5.79. The number of anilines is 2. The molecule has 2 saturated heterocycles. The summed E-state index contributed by atoms with van der Waals surface area (Å²) < 4.78 is 0. The fourth-order valence-electron chi connectivity index (χ4n) is 4.51. The van der Waals surface area contributed by atoms with E-state index in [-0.39, 0.29) is 11.8 Å². The molecule has 4 rings (SSSR count). The molecule has 0 radical (unpaired) electrons. The molecule has 3 heterocycles. The average Bonchev–Trinajstić information content (AvgIpc) is 2.83. The number of aromatic nitrogens is 1. The Hall–Kier alpha value is -2.60. The van der Waals surface area contributed by atoms with Gasteiger partial charge in [-0.05, 0) is 50.1 Å². The number of piperazine rings is 1. The minimum atomic E-state index is 0.0846. The zero-order valence-corrected chi connectivity index (χ0v) is 17.7. The minimum absolute atomic E-state index is 0.0846. The zero-order valence-electron chi connectivity index (χ0n) is 17.7. The molecule has 30 heavy (non-hydrogen) atoms. The van der Waals surface area contributed by atoms with E-state index in [4.69, 9.17) is 0 Å². The van der Waals surface area contributed by atoms with Crippen molar-refractivity contribution in [3.8, 4) is 0 Å². The normalized spacial score (nSPS) is 20.2. The van der Waals surface area contributed by atoms with Crippen molar-refractivity contribution in [2.24, 2.45) is 5.92 Å². The number of carbonyl (C=O) groups excluding carboxylic acids is 1. The first-order chi connectivity index (χ1) is 14.8. The maximum Gasteiger partial charge on any atom is 0.224 e. The highest BCUT2D eigenvalue weighted by atomic mass is 16.1. The summed E-state index contributed by atoms with van der Waals surface area (Å²) in [5.74, 6) is 0.295. The van der Waals surface area contributed by atoms with E-state index in [1.807, 2.05) is 24.5 Å². The van der Waals surface area contributed by atoms with E-state index in [9.17, 15) is 4.79 Å². The van der Waals surface area contributed by atoms with Crippen LogP contribution in [0, 0.1) is 5.92 Å². The molecule has 1 unspecified atom stereocenters. The van der Waals surface area contributed by atoms with Gasteiger partial charge < -0.3 is 15.1 Å². The van der Waals surface area contributed by atoms with Gasteiger partial charge in [-0.1, -0.05) is 18.2 Å². The van der Waals surface area contributed by atoms with Crippen LogP contribution in [-0.4, -0.2) is 68.1 Å². The number of nitrogens with one attached hydrogen (secondary N) is 1. The molecule has 1 N–H and O–H groups in total. The Bertz CT molecular complexity index is 777. The lowest BCUT2D eigenvalue weighted by molar-refractivity contribution is -0.125. The van der Waals surface area contributed by atoms with Crippen LogP contribution in [0.3, 0.4) is 0 Å². The number of rotatable bonds is 7. The monoisotopic (exact) mass is 407 g/mol. The molecule has 1 atom stereocenters. The number of para-hydroxylation sites is 1. The molecule has 0 bridgehead atoms. The molecular weight excluding hydrogens is 374 g/mol. The number of nitrogens with zero attached hydrogens (tertiary/aromatic N) is 4. The van der Waals surface area contributed by atoms with Crippen molar-refractivity contribution >= 4 is 17.3 Å². The molecular formula is C24H33N5O. The molecule has 1 aromatic heterocycles. The van der Waals surface area contributed by atoms with Crippen LogP contribution in [0.4, 0.5) is 11.4 Å². The fraction of sp³-hybridized carbons (Fsp3) is 0.500. The van der Waals surface area contributed by atoms with Gasteiger partial charge in [0.25, 0.3) is 0 Å². The van der Waals surface area contributed by atoms with Crippen molar-refractivity contribution in [2.45, 2.75) is 19.3 Å². The number of carbonyl (C=O) groups is 1. The number of amides is 1. The first-order valence-electron chi connectivity index (χ1n) is 11.2. The van der Waals surface area contributed by atoms with Crippen LogP contribution >= 0.6 is 0 Å². The van der Waals surface area contributed by atoms with E-state index in [2.05, 4.69) is 55.3 Å². The van der Waals surface area contributed by atoms with Gasteiger partial charge in [0.1, 0.15) is 0 Å². The molecule has 6 heteroatoms. The van der Waals surface area contributed by atoms with E-state index in [0.717, 1.165) is 77.3 Å². The van der Waals surface area contributed by atoms with Gasteiger partial charge in [0.15, 0.2) is 0 Å². The van der Waals surface area contributed by atoms with E-state index in [0.29, 0.717) is 0 Å². The summed E-state index contributed by atoms with van der Waals surface area (Å²) in [7, 11) is 0. The van der Waals surface area contributed by atoms with Crippen LogP contribution in [0.1, 0.15) is 19.3 Å². The second-order valence-corrected chi connectivity index (χ2v) is 8.30. The highest BCUT2D eigenvalue weighted by Crippen LogP contribution is 2.22. The SMILES string of the molecule is O=C(NCCCN1CCN(c2ccccc2)CC1)C1CCCN(c2ccncc2)C1. The maximum atomic E-state index is 12.7. The predicted molar refractivity (Wildman–Crippen MR) is 122 cm³/mol. The molecule has 2 fully saturated rings. The Labute approximate surface area is 179 Å². The standard InChI is InChI=1S/C24H33N5O/c30-24(21-6-4-15-29(20-21)23-9-12-25-13-10-23)26-11-5-14-27-16-18-28(19-17-27)22-7-2-1-3-8-22/h1-3,7-10,12-13,21H,4-6,11,14-20H2,(H,26,30). The first-order valence-corrected chi connectivity index (χ1v) is 11.2. The largest absolute Gasteiger partial charge is 0.371 e. The van der Waals surface area contributed by atoms with Crippen LogP contribution in [-0.2, 0) is 4.79 Å². The Morgan fingerprint density at radius 2 is 1.67 bits per heavy atom. The first kappa shape index (κ1) is 20.7. The molecule has 1 aromatic carbocycles. The van der Waals surface area contributed by atoms with Crippen molar-refractivity contribution in [1.29, 1.82) is 0 Å². The summed E-state index contributed by atoms with van der Waals surface area (Å²) >= 11 is 0. The van der Waals surface area contributed by atoms with E-state index in [1.54, 1.807) is 0 Å². The van der Waals surface area contributed by atoms with Gasteiger partial charge in [-0.2, -0.15) is 0 Å². The number of hydrogen-bond donors (Lipinski definition) is 1. The predicted octanol–water partition coefficient (Wildman–Crippen LogP) is 2.63. The van der Waals surface area contributed by atoms with Crippen molar-refractivity contribution < 1.29 is 4.79 Å². The third-order valence-corrected chi connectivity index (χ3v) is 6.26. The second kappa shape index (κ2) is 10.4. The van der Waals surface area contributed by atoms with Gasteiger partial charge in [0, 0.05) is 69.6 Å². The summed E-state index contributed by atoms with van der Waals surface area (Å²) in [6, 6.07) is 14.7. The molecule has 1 amide bonds. The van der Waals surface area contributed by atoms with Gasteiger partial charge in [-0.3, -0.25) is 14.7 Å². The van der Waals surface area contributed by atoms with Gasteiger partial charge in [-0.15, -0.1) is 0 Å². The zero-order chi connectivity index (χ0) is 20.6. The van der Waals surface area contributed by atoms with Gasteiger partial charge >= 0.3 is 0 Å². The van der Waals surface area contributed by atoms with Crippen LogP contribution in [0.15, 0.2) is 54.9 Å². The number of benzene rings is 1. The van der Waals surface area contributed by atoms with E-state index < -0.39 is 0 Å². The van der Waals surface area contributed by atoms with Crippen molar-refractivity contribution in [2.75, 3.05) is 62.2 Å². The lowest BCUT2D eigenvalue weighted by Crippen LogP contribution is -2.47. The Morgan fingerprint density at radius 1 is 0.933 bits per heavy atom. The summed E-state index contributed by atoms with van der Waals surface area (Å²) in [6.07, 6.45) is 6.69. The highest BCUT2D eigenvalue weighted by Gasteiger charge is 2.25. The topological polar surface area (TPSA) is 51.7 Å². The summed E-state index contributed by atoms with van der Waals surface area (Å²) in [5.41, 5.74) is 2.48. The Balaban J connectivity index is 1.13. The molecule has 2 aliphatic rings. The lowest BCUT2D eigenvalue weighted by atomic mass is 9.96. The fourth-order valence-corrected chi connectivity index (χ4v) is 4.51. The molecule has 0 aliphatic carbocycles. The lowest BCUT2D eigenvalue weighted by Gasteiger charge is -2.36. The van der Waals surface area contributed by atoms with Crippen molar-refractivity contribution in [3.63, 3.8) is 0 Å². The summed E-state index contributed by atoms with van der Waals surface area (Å²) in [6.45, 7) is 7.96. The van der Waals surface area contributed by atoms with Gasteiger partial charge in [0.05, 0.1) is 5.92 Å². The second-order valence-electron chi connectivity index (χ2n) is 8.30. The average molecular weight is 408 g/mol. The molecule has 0 spiro atoms. The molecule has 6 nitrogen and oxygen atoms in total. The Kier molecular flexibility index (Phi) is 7.19. The summed E-state index contributed by atoms with van der Waals surface area (Å²) in [4.78, 5) is 24.0. The van der Waals surface area contributed by atoms with E-state index in [1.165, 1.54) is 5.69 Å². The van der Waals surface area contributed by atoms with Gasteiger partial charge in [0.2, 0.25) is 5.91 Å². The smallest absolute Gasteiger partial charge is 0.224 e. The third kappa shape index (κ3) is 5.51. The van der Waals surface area contributed by atoms with Crippen LogP contribution in [0.5, 0.6) is 0 Å². The minimum Gasteiger partial charge on any atom is -0.371 e. The maximum absolute atomic E-state index is 12.7. The van der Waals surface area contributed by atoms with Gasteiger partial charge in [-0.25, -0.2) is 0 Å².